The fourth-order valence-electron chi connectivity index (χ4n) is 0.877. The summed E-state index contributed by atoms with van der Waals surface area (Å²) in [7, 11) is 0. The van der Waals surface area contributed by atoms with E-state index in [0.717, 1.165) is 12.8 Å². The van der Waals surface area contributed by atoms with E-state index in [1.165, 1.54) is 0 Å². The van der Waals surface area contributed by atoms with Crippen molar-refractivity contribution in [2.24, 2.45) is 22.4 Å². The molecular weight excluding hydrogens is 166 g/mol. The Morgan fingerprint density at radius 1 is 1.46 bits per heavy atom. The van der Waals surface area contributed by atoms with Crippen molar-refractivity contribution in [1.29, 1.82) is 5.41 Å². The first kappa shape index (κ1) is 11.7. The lowest BCUT2D eigenvalue weighted by atomic mass is 10.1. The van der Waals surface area contributed by atoms with E-state index in [2.05, 4.69) is 24.2 Å². The van der Waals surface area contributed by atoms with Crippen molar-refractivity contribution in [2.45, 2.75) is 26.7 Å². The van der Waals surface area contributed by atoms with Crippen LogP contribution in [0.3, 0.4) is 0 Å². The van der Waals surface area contributed by atoms with Gasteiger partial charge in [0.25, 0.3) is 0 Å². The highest BCUT2D eigenvalue weighted by molar-refractivity contribution is 5.95. The van der Waals surface area contributed by atoms with Crippen LogP contribution in [0.25, 0.3) is 0 Å². The van der Waals surface area contributed by atoms with Gasteiger partial charge in [-0.05, 0) is 18.8 Å². The van der Waals surface area contributed by atoms with Crippen LogP contribution in [0.5, 0.6) is 0 Å². The van der Waals surface area contributed by atoms with Gasteiger partial charge in [0.1, 0.15) is 0 Å². The summed E-state index contributed by atoms with van der Waals surface area (Å²) in [5.74, 6) is 0.735. The van der Waals surface area contributed by atoms with Gasteiger partial charge >= 0.3 is 0 Å². The Hall–Kier alpha value is -1.26. The molecule has 0 amide bonds. The van der Waals surface area contributed by atoms with Crippen molar-refractivity contribution in [3.05, 3.63) is 0 Å². The summed E-state index contributed by atoms with van der Waals surface area (Å²) in [6.45, 7) is 5.02. The molecular formula is C8H19N5. The monoisotopic (exact) mass is 185 g/mol. The maximum absolute atomic E-state index is 6.88. The summed E-state index contributed by atoms with van der Waals surface area (Å²) in [6.07, 6.45) is 2.15. The fourth-order valence-corrected chi connectivity index (χ4v) is 0.877. The highest BCUT2D eigenvalue weighted by Gasteiger charge is 1.94. The molecule has 0 rings (SSSR count). The van der Waals surface area contributed by atoms with Gasteiger partial charge < -0.3 is 11.5 Å². The largest absolute Gasteiger partial charge is 0.370 e. The Labute approximate surface area is 79.1 Å². The van der Waals surface area contributed by atoms with Crippen molar-refractivity contribution in [1.82, 2.24) is 5.32 Å². The molecule has 0 aliphatic heterocycles. The molecule has 0 spiro atoms. The van der Waals surface area contributed by atoms with Gasteiger partial charge in [-0.2, -0.15) is 0 Å². The first-order chi connectivity index (χ1) is 6.02. The molecule has 76 valence electrons. The normalized spacial score (nSPS) is 11.8. The Morgan fingerprint density at radius 3 is 2.54 bits per heavy atom. The average Bonchev–Trinajstić information content (AvgIpc) is 1.96. The number of guanidine groups is 2. The van der Waals surface area contributed by atoms with Crippen LogP contribution in [-0.2, 0) is 0 Å². The van der Waals surface area contributed by atoms with Crippen LogP contribution in [0.1, 0.15) is 26.7 Å². The number of nitrogens with one attached hydrogen (secondary N) is 2. The van der Waals surface area contributed by atoms with E-state index in [-0.39, 0.29) is 11.9 Å². The van der Waals surface area contributed by atoms with E-state index in [1.807, 2.05) is 0 Å². The zero-order chi connectivity index (χ0) is 10.3. The first-order valence-corrected chi connectivity index (χ1v) is 4.43. The Bertz CT molecular complexity index is 185. The molecule has 0 bridgehead atoms. The molecule has 0 unspecified atom stereocenters. The molecule has 0 fully saturated rings. The van der Waals surface area contributed by atoms with Crippen molar-refractivity contribution < 1.29 is 0 Å². The number of aliphatic imine (C=N–C) groups is 1. The molecule has 0 saturated heterocycles. The third-order valence-electron chi connectivity index (χ3n) is 1.48. The quantitative estimate of drug-likeness (QED) is 0.286. The van der Waals surface area contributed by atoms with Gasteiger partial charge in [0.2, 0.25) is 0 Å². The number of hydrogen-bond donors (Lipinski definition) is 4. The summed E-state index contributed by atoms with van der Waals surface area (Å²) in [5, 5.41) is 9.30. The van der Waals surface area contributed by atoms with Gasteiger partial charge in [-0.3, -0.25) is 15.7 Å². The zero-order valence-corrected chi connectivity index (χ0v) is 8.30. The Balaban J connectivity index is 3.53. The van der Waals surface area contributed by atoms with Gasteiger partial charge in [-0.15, -0.1) is 0 Å². The molecule has 0 aromatic heterocycles. The van der Waals surface area contributed by atoms with E-state index in [9.17, 15) is 0 Å². The average molecular weight is 185 g/mol. The minimum Gasteiger partial charge on any atom is -0.370 e. The molecule has 0 heterocycles. The second-order valence-corrected chi connectivity index (χ2v) is 3.34. The van der Waals surface area contributed by atoms with Crippen molar-refractivity contribution in [3.63, 3.8) is 0 Å². The predicted octanol–water partition coefficient (Wildman–Crippen LogP) is 0.220. The molecule has 5 heteroatoms. The Kier molecular flexibility index (Phi) is 5.67. The number of nitrogens with zero attached hydrogens (tertiary/aromatic N) is 1. The first-order valence-electron chi connectivity index (χ1n) is 4.43. The summed E-state index contributed by atoms with van der Waals surface area (Å²) in [6, 6.07) is 0. The predicted molar refractivity (Wildman–Crippen MR) is 55.6 cm³/mol. The maximum atomic E-state index is 6.88. The summed E-state index contributed by atoms with van der Waals surface area (Å²) < 4.78 is 0. The second kappa shape index (κ2) is 6.28. The minimum absolute atomic E-state index is 0.176. The second-order valence-electron chi connectivity index (χ2n) is 3.34. The topological polar surface area (TPSA) is 100 Å². The standard InChI is InChI=1S/C8H19N5/c1-6(2)4-3-5-12-8(11)13-7(9)10/h6H,3-5H2,1-2H3,(H6,9,10,11,12,13). The molecule has 0 atom stereocenters. The fraction of sp³-hybridized carbons (Fsp3) is 0.750. The lowest BCUT2D eigenvalue weighted by Crippen LogP contribution is -2.40. The third kappa shape index (κ3) is 8.65. The molecule has 0 aromatic rings. The third-order valence-corrected chi connectivity index (χ3v) is 1.48. The molecule has 0 aliphatic carbocycles. The van der Waals surface area contributed by atoms with Gasteiger partial charge in [0.15, 0.2) is 11.9 Å². The number of nitrogens with two attached hydrogens (primary N) is 2. The van der Waals surface area contributed by atoms with E-state index in [4.69, 9.17) is 16.9 Å². The molecule has 0 aromatic carbocycles. The number of hydrogen-bond acceptors (Lipinski definition) is 2. The van der Waals surface area contributed by atoms with Gasteiger partial charge in [0.05, 0.1) is 0 Å². The maximum Gasteiger partial charge on any atom is 0.195 e. The summed E-state index contributed by atoms with van der Waals surface area (Å²) >= 11 is 0. The van der Waals surface area contributed by atoms with Crippen LogP contribution in [0.15, 0.2) is 4.99 Å². The molecule has 13 heavy (non-hydrogen) atoms. The van der Waals surface area contributed by atoms with Crippen LogP contribution in [-0.4, -0.2) is 18.5 Å². The smallest absolute Gasteiger partial charge is 0.195 e. The van der Waals surface area contributed by atoms with E-state index < -0.39 is 0 Å². The summed E-state index contributed by atoms with van der Waals surface area (Å²) in [4.78, 5) is 4.00. The van der Waals surface area contributed by atoms with Crippen molar-refractivity contribution in [2.75, 3.05) is 6.54 Å². The molecule has 0 radical (unpaired) electrons. The van der Waals surface area contributed by atoms with Crippen LogP contribution in [0, 0.1) is 11.3 Å². The van der Waals surface area contributed by atoms with E-state index in [1.54, 1.807) is 0 Å². The molecule has 5 nitrogen and oxygen atoms in total. The van der Waals surface area contributed by atoms with Gasteiger partial charge in [-0.25, -0.2) is 0 Å². The van der Waals surface area contributed by atoms with E-state index in [0.29, 0.717) is 12.5 Å². The van der Waals surface area contributed by atoms with Crippen molar-refractivity contribution in [3.8, 4) is 0 Å². The highest BCUT2D eigenvalue weighted by atomic mass is 15.2. The van der Waals surface area contributed by atoms with E-state index >= 15 is 0 Å². The van der Waals surface area contributed by atoms with Gasteiger partial charge in [0, 0.05) is 6.54 Å². The van der Waals surface area contributed by atoms with Crippen LogP contribution >= 0.6 is 0 Å². The number of rotatable bonds is 4. The van der Waals surface area contributed by atoms with Gasteiger partial charge in [-0.1, -0.05) is 13.8 Å². The van der Waals surface area contributed by atoms with Crippen molar-refractivity contribution >= 4 is 11.9 Å². The minimum atomic E-state index is -0.176. The highest BCUT2D eigenvalue weighted by Crippen LogP contribution is 2.02. The zero-order valence-electron chi connectivity index (χ0n) is 8.30. The molecule has 6 N–H and O–H groups in total. The Morgan fingerprint density at radius 2 is 2.08 bits per heavy atom. The van der Waals surface area contributed by atoms with Crippen LogP contribution < -0.4 is 16.8 Å². The summed E-state index contributed by atoms with van der Waals surface area (Å²) in [5.41, 5.74) is 10.5. The van der Waals surface area contributed by atoms with Crippen LogP contribution in [0.4, 0.5) is 0 Å². The molecule has 0 aliphatic rings. The lowest BCUT2D eigenvalue weighted by Gasteiger charge is -2.03. The van der Waals surface area contributed by atoms with Crippen LogP contribution in [0.2, 0.25) is 0 Å². The lowest BCUT2D eigenvalue weighted by molar-refractivity contribution is 0.561. The SMILES string of the molecule is CC(C)CCCN=C(N)NC(=N)N. The molecule has 0 saturated carbocycles.